The van der Waals surface area contributed by atoms with Crippen LogP contribution in [0.2, 0.25) is 0 Å². The summed E-state index contributed by atoms with van der Waals surface area (Å²) < 4.78 is 0. The zero-order chi connectivity index (χ0) is 12.8. The lowest BCUT2D eigenvalue weighted by Crippen LogP contribution is -2.45. The van der Waals surface area contributed by atoms with E-state index in [9.17, 15) is 5.11 Å². The minimum absolute atomic E-state index is 0.107. The van der Waals surface area contributed by atoms with Crippen molar-refractivity contribution < 1.29 is 5.11 Å². The molecule has 0 aromatic heterocycles. The Labute approximate surface area is 113 Å². The largest absolute Gasteiger partial charge is 0.393 e. The third-order valence-corrected chi connectivity index (χ3v) is 4.35. The lowest BCUT2D eigenvalue weighted by Gasteiger charge is -2.35. The first-order chi connectivity index (χ1) is 9.33. The lowest BCUT2D eigenvalue weighted by atomic mass is 9.88. The second kappa shape index (κ2) is 4.19. The van der Waals surface area contributed by atoms with Gasteiger partial charge < -0.3 is 10.4 Å². The summed E-state index contributed by atoms with van der Waals surface area (Å²) >= 11 is 0. The number of aliphatic hydroxyl groups is 1. The van der Waals surface area contributed by atoms with Gasteiger partial charge in [-0.25, -0.2) is 0 Å². The van der Waals surface area contributed by atoms with Gasteiger partial charge in [0.05, 0.1) is 12.1 Å². The van der Waals surface area contributed by atoms with Crippen LogP contribution in [-0.2, 0) is 0 Å². The summed E-state index contributed by atoms with van der Waals surface area (Å²) in [5, 5.41) is 13.1. The summed E-state index contributed by atoms with van der Waals surface area (Å²) in [5.74, 6) is 0. The molecular weight excluding hydrogens is 234 g/mol. The molecule has 19 heavy (non-hydrogen) atoms. The summed E-state index contributed by atoms with van der Waals surface area (Å²) in [6.07, 6.45) is 1.64. The van der Waals surface area contributed by atoms with Crippen LogP contribution in [0, 0.1) is 0 Å². The molecule has 2 aromatic carbocycles. The predicted molar refractivity (Wildman–Crippen MR) is 75.9 cm³/mol. The number of hydrogen-bond acceptors (Lipinski definition) is 2. The molecule has 96 valence electrons. The molecule has 2 nitrogen and oxygen atoms in total. The van der Waals surface area contributed by atoms with Gasteiger partial charge in [0.15, 0.2) is 0 Å². The SMILES string of the molecule is OC1CC(NC2c3ccccc3-c3ccccc32)C1. The van der Waals surface area contributed by atoms with Crippen LogP contribution in [0.25, 0.3) is 11.1 Å². The number of hydrogen-bond donors (Lipinski definition) is 2. The summed E-state index contributed by atoms with van der Waals surface area (Å²) in [4.78, 5) is 0. The Kier molecular flexibility index (Phi) is 2.47. The molecule has 2 aliphatic carbocycles. The van der Waals surface area contributed by atoms with Crippen molar-refractivity contribution in [2.24, 2.45) is 0 Å². The van der Waals surface area contributed by atoms with Crippen LogP contribution in [0.15, 0.2) is 48.5 Å². The molecule has 2 aromatic rings. The van der Waals surface area contributed by atoms with Crippen molar-refractivity contribution in [3.05, 3.63) is 59.7 Å². The van der Waals surface area contributed by atoms with Gasteiger partial charge in [0, 0.05) is 6.04 Å². The number of rotatable bonds is 2. The fourth-order valence-corrected chi connectivity index (χ4v) is 3.29. The van der Waals surface area contributed by atoms with Gasteiger partial charge in [0.2, 0.25) is 0 Å². The van der Waals surface area contributed by atoms with E-state index in [1.165, 1.54) is 22.3 Å². The zero-order valence-electron chi connectivity index (χ0n) is 10.7. The molecular formula is C17H17NO. The molecule has 2 N–H and O–H groups in total. The molecule has 0 heterocycles. The fraction of sp³-hybridized carbons (Fsp3) is 0.294. The monoisotopic (exact) mass is 251 g/mol. The molecule has 4 rings (SSSR count). The maximum absolute atomic E-state index is 9.44. The van der Waals surface area contributed by atoms with Gasteiger partial charge in [-0.1, -0.05) is 48.5 Å². The highest BCUT2D eigenvalue weighted by atomic mass is 16.3. The molecule has 1 fully saturated rings. The first kappa shape index (κ1) is 11.2. The fourth-order valence-electron chi connectivity index (χ4n) is 3.29. The van der Waals surface area contributed by atoms with E-state index in [0.717, 1.165) is 12.8 Å². The quantitative estimate of drug-likeness (QED) is 0.860. The van der Waals surface area contributed by atoms with Gasteiger partial charge in [0.25, 0.3) is 0 Å². The topological polar surface area (TPSA) is 32.3 Å². The van der Waals surface area contributed by atoms with Gasteiger partial charge in [-0.3, -0.25) is 0 Å². The Hall–Kier alpha value is -1.64. The predicted octanol–water partition coefficient (Wildman–Crippen LogP) is 2.87. The molecule has 2 heteroatoms. The Morgan fingerprint density at radius 3 is 1.89 bits per heavy atom. The van der Waals surface area contributed by atoms with Crippen molar-refractivity contribution in [2.75, 3.05) is 0 Å². The van der Waals surface area contributed by atoms with Crippen LogP contribution in [0.3, 0.4) is 0 Å². The molecule has 0 spiro atoms. The maximum Gasteiger partial charge on any atom is 0.0591 e. The standard InChI is InChI=1S/C17H17NO/c19-12-9-11(10-12)18-17-15-7-3-1-5-13(15)14-6-2-4-8-16(14)17/h1-8,11-12,17-19H,9-10H2. The van der Waals surface area contributed by atoms with E-state index in [-0.39, 0.29) is 12.1 Å². The number of nitrogens with one attached hydrogen (secondary N) is 1. The average Bonchev–Trinajstić information content (AvgIpc) is 2.73. The van der Waals surface area contributed by atoms with Crippen LogP contribution in [-0.4, -0.2) is 17.3 Å². The normalized spacial score (nSPS) is 24.7. The van der Waals surface area contributed by atoms with E-state index in [1.54, 1.807) is 0 Å². The van der Waals surface area contributed by atoms with Crippen molar-refractivity contribution in [3.63, 3.8) is 0 Å². The van der Waals surface area contributed by atoms with Gasteiger partial charge in [-0.15, -0.1) is 0 Å². The summed E-state index contributed by atoms with van der Waals surface area (Å²) in [5.41, 5.74) is 5.42. The maximum atomic E-state index is 9.44. The Morgan fingerprint density at radius 1 is 0.842 bits per heavy atom. The van der Waals surface area contributed by atoms with Crippen LogP contribution < -0.4 is 5.32 Å². The molecule has 0 saturated heterocycles. The average molecular weight is 251 g/mol. The highest BCUT2D eigenvalue weighted by molar-refractivity contribution is 5.78. The van der Waals surface area contributed by atoms with Crippen LogP contribution >= 0.6 is 0 Å². The van der Waals surface area contributed by atoms with E-state index in [4.69, 9.17) is 0 Å². The minimum Gasteiger partial charge on any atom is -0.393 e. The van der Waals surface area contributed by atoms with Crippen LogP contribution in [0.1, 0.15) is 30.0 Å². The summed E-state index contributed by atoms with van der Waals surface area (Å²) in [6, 6.07) is 18.0. The highest BCUT2D eigenvalue weighted by Gasteiger charge is 2.34. The van der Waals surface area contributed by atoms with Crippen molar-refractivity contribution in [2.45, 2.75) is 31.0 Å². The molecule has 2 aliphatic rings. The van der Waals surface area contributed by atoms with Crippen molar-refractivity contribution >= 4 is 0 Å². The van der Waals surface area contributed by atoms with Gasteiger partial charge in [-0.05, 0) is 35.1 Å². The van der Waals surface area contributed by atoms with E-state index >= 15 is 0 Å². The molecule has 0 atom stereocenters. The number of fused-ring (bicyclic) bond motifs is 3. The van der Waals surface area contributed by atoms with Crippen LogP contribution in [0.5, 0.6) is 0 Å². The van der Waals surface area contributed by atoms with Crippen molar-refractivity contribution in [1.82, 2.24) is 5.32 Å². The first-order valence-electron chi connectivity index (χ1n) is 6.95. The minimum atomic E-state index is -0.107. The first-order valence-corrected chi connectivity index (χ1v) is 6.95. The second-order valence-electron chi connectivity index (χ2n) is 5.60. The number of aliphatic hydroxyl groups excluding tert-OH is 1. The smallest absolute Gasteiger partial charge is 0.0591 e. The second-order valence-corrected chi connectivity index (χ2v) is 5.60. The van der Waals surface area contributed by atoms with Gasteiger partial charge in [-0.2, -0.15) is 0 Å². The third kappa shape index (κ3) is 1.71. The van der Waals surface area contributed by atoms with Crippen molar-refractivity contribution in [3.8, 4) is 11.1 Å². The van der Waals surface area contributed by atoms with Gasteiger partial charge in [0.1, 0.15) is 0 Å². The molecule has 0 radical (unpaired) electrons. The van der Waals surface area contributed by atoms with E-state index in [0.29, 0.717) is 6.04 Å². The molecule has 0 unspecified atom stereocenters. The third-order valence-electron chi connectivity index (χ3n) is 4.35. The van der Waals surface area contributed by atoms with Crippen molar-refractivity contribution in [1.29, 1.82) is 0 Å². The Balaban J connectivity index is 1.74. The molecule has 0 aliphatic heterocycles. The number of benzene rings is 2. The molecule has 1 saturated carbocycles. The van der Waals surface area contributed by atoms with Crippen LogP contribution in [0.4, 0.5) is 0 Å². The Morgan fingerprint density at radius 2 is 1.37 bits per heavy atom. The summed E-state index contributed by atoms with van der Waals surface area (Å²) in [6.45, 7) is 0. The van der Waals surface area contributed by atoms with Gasteiger partial charge >= 0.3 is 0 Å². The lowest BCUT2D eigenvalue weighted by molar-refractivity contribution is 0.0597. The zero-order valence-corrected chi connectivity index (χ0v) is 10.7. The molecule has 0 bridgehead atoms. The molecule has 0 amide bonds. The Bertz CT molecular complexity index is 571. The summed E-state index contributed by atoms with van der Waals surface area (Å²) in [7, 11) is 0. The van der Waals surface area contributed by atoms with E-state index < -0.39 is 0 Å². The highest BCUT2D eigenvalue weighted by Crippen LogP contribution is 2.43. The van der Waals surface area contributed by atoms with E-state index in [1.807, 2.05) is 0 Å². The van der Waals surface area contributed by atoms with E-state index in [2.05, 4.69) is 53.8 Å².